The van der Waals surface area contributed by atoms with Crippen LogP contribution in [0.5, 0.6) is 5.75 Å². The number of hydrogen-bond donors (Lipinski definition) is 1. The topological polar surface area (TPSA) is 55.6 Å². The van der Waals surface area contributed by atoms with Gasteiger partial charge in [0.05, 0.1) is 7.11 Å². The third-order valence-electron chi connectivity index (χ3n) is 3.15. The summed E-state index contributed by atoms with van der Waals surface area (Å²) in [6.45, 7) is 0.453. The second kappa shape index (κ2) is 6.21. The molecule has 0 saturated carbocycles. The molecule has 0 atom stereocenters. The van der Waals surface area contributed by atoms with Gasteiger partial charge in [0.1, 0.15) is 5.75 Å². The maximum absolute atomic E-state index is 12.5. The molecule has 0 saturated heterocycles. The molecule has 0 radical (unpaired) electrons. The number of carbonyl (C=O) groups is 1. The van der Waals surface area contributed by atoms with Gasteiger partial charge in [-0.2, -0.15) is 0 Å². The Balaban J connectivity index is 2.27. The van der Waals surface area contributed by atoms with Crippen molar-refractivity contribution >= 4 is 11.6 Å². The average molecular weight is 270 g/mol. The van der Waals surface area contributed by atoms with E-state index in [0.717, 1.165) is 11.3 Å². The number of nitrogens with two attached hydrogens (primary N) is 1. The van der Waals surface area contributed by atoms with Gasteiger partial charge < -0.3 is 15.4 Å². The molecule has 0 heterocycles. The fourth-order valence-corrected chi connectivity index (χ4v) is 1.96. The third-order valence-corrected chi connectivity index (χ3v) is 3.15. The number of methoxy groups -OCH3 is 1. The largest absolute Gasteiger partial charge is 0.497 e. The number of rotatable bonds is 4. The summed E-state index contributed by atoms with van der Waals surface area (Å²) in [5.41, 5.74) is 8.03. The predicted molar refractivity (Wildman–Crippen MR) is 80.1 cm³/mol. The van der Waals surface area contributed by atoms with Gasteiger partial charge in [-0.15, -0.1) is 0 Å². The Kier molecular flexibility index (Phi) is 4.38. The number of carbonyl (C=O) groups excluding carboxylic acids is 1. The molecule has 0 aliphatic heterocycles. The molecule has 0 fully saturated rings. The van der Waals surface area contributed by atoms with Gasteiger partial charge in [-0.3, -0.25) is 4.79 Å². The highest BCUT2D eigenvalue weighted by molar-refractivity contribution is 6.05. The molecule has 0 aromatic heterocycles. The van der Waals surface area contributed by atoms with Crippen molar-refractivity contribution in [2.45, 2.75) is 6.54 Å². The van der Waals surface area contributed by atoms with Gasteiger partial charge >= 0.3 is 0 Å². The highest BCUT2D eigenvalue weighted by Gasteiger charge is 2.14. The van der Waals surface area contributed by atoms with Crippen LogP contribution in [0.2, 0.25) is 0 Å². The van der Waals surface area contributed by atoms with Gasteiger partial charge in [0.2, 0.25) is 0 Å². The summed E-state index contributed by atoms with van der Waals surface area (Å²) in [5.74, 6) is 0.582. The predicted octanol–water partition coefficient (Wildman–Crippen LogP) is 2.43. The Hall–Kier alpha value is -2.33. The molecule has 0 spiro atoms. The van der Waals surface area contributed by atoms with E-state index in [2.05, 4.69) is 0 Å². The Labute approximate surface area is 118 Å². The SMILES string of the molecule is COc1cccc(C(=O)N(C)c2cccc(CN)c2)c1. The van der Waals surface area contributed by atoms with Crippen molar-refractivity contribution in [3.8, 4) is 5.75 Å². The summed E-state index contributed by atoms with van der Waals surface area (Å²) in [6, 6.07) is 14.7. The Bertz CT molecular complexity index is 611. The zero-order chi connectivity index (χ0) is 14.5. The summed E-state index contributed by atoms with van der Waals surface area (Å²) in [7, 11) is 3.33. The zero-order valence-electron chi connectivity index (χ0n) is 11.7. The van der Waals surface area contributed by atoms with E-state index in [1.807, 2.05) is 30.3 Å². The minimum Gasteiger partial charge on any atom is -0.497 e. The van der Waals surface area contributed by atoms with Crippen LogP contribution in [0.25, 0.3) is 0 Å². The monoisotopic (exact) mass is 270 g/mol. The van der Waals surface area contributed by atoms with Gasteiger partial charge in [0.25, 0.3) is 5.91 Å². The normalized spacial score (nSPS) is 10.2. The first-order chi connectivity index (χ1) is 9.65. The molecule has 20 heavy (non-hydrogen) atoms. The molecule has 1 amide bonds. The minimum absolute atomic E-state index is 0.0851. The molecular formula is C16H18N2O2. The lowest BCUT2D eigenvalue weighted by Crippen LogP contribution is -2.26. The molecule has 2 N–H and O–H groups in total. The summed E-state index contributed by atoms with van der Waals surface area (Å²) in [6.07, 6.45) is 0. The minimum atomic E-state index is -0.0851. The summed E-state index contributed by atoms with van der Waals surface area (Å²) >= 11 is 0. The fraction of sp³-hybridized carbons (Fsp3) is 0.188. The number of anilines is 1. The molecule has 2 rings (SSSR count). The fourth-order valence-electron chi connectivity index (χ4n) is 1.96. The second-order valence-corrected chi connectivity index (χ2v) is 4.47. The molecule has 2 aromatic rings. The van der Waals surface area contributed by atoms with E-state index in [9.17, 15) is 4.79 Å². The van der Waals surface area contributed by atoms with Crippen LogP contribution in [0.15, 0.2) is 48.5 Å². The van der Waals surface area contributed by atoms with Crippen LogP contribution in [0, 0.1) is 0 Å². The van der Waals surface area contributed by atoms with Gasteiger partial charge in [0, 0.05) is 24.8 Å². The highest BCUT2D eigenvalue weighted by Crippen LogP contribution is 2.19. The van der Waals surface area contributed by atoms with E-state index in [1.54, 1.807) is 37.3 Å². The van der Waals surface area contributed by atoms with E-state index in [-0.39, 0.29) is 5.91 Å². The Morgan fingerprint density at radius 3 is 2.65 bits per heavy atom. The maximum atomic E-state index is 12.5. The first-order valence-electron chi connectivity index (χ1n) is 6.37. The lowest BCUT2D eigenvalue weighted by molar-refractivity contribution is 0.0992. The molecule has 0 bridgehead atoms. The molecule has 2 aromatic carbocycles. The molecule has 0 aliphatic rings. The van der Waals surface area contributed by atoms with E-state index >= 15 is 0 Å². The number of hydrogen-bond acceptors (Lipinski definition) is 3. The number of nitrogens with zero attached hydrogens (tertiary/aromatic N) is 1. The standard InChI is InChI=1S/C16H18N2O2/c1-18(14-7-3-5-12(9-14)11-17)16(19)13-6-4-8-15(10-13)20-2/h3-10H,11,17H2,1-2H3. The van der Waals surface area contributed by atoms with Crippen molar-refractivity contribution in [3.05, 3.63) is 59.7 Å². The first-order valence-corrected chi connectivity index (χ1v) is 6.37. The van der Waals surface area contributed by atoms with E-state index in [0.29, 0.717) is 17.9 Å². The zero-order valence-corrected chi connectivity index (χ0v) is 11.7. The quantitative estimate of drug-likeness (QED) is 0.928. The average Bonchev–Trinajstić information content (AvgIpc) is 2.53. The number of ether oxygens (including phenoxy) is 1. The van der Waals surface area contributed by atoms with Crippen molar-refractivity contribution in [1.29, 1.82) is 0 Å². The Morgan fingerprint density at radius 1 is 1.20 bits per heavy atom. The van der Waals surface area contributed by atoms with Crippen molar-refractivity contribution < 1.29 is 9.53 Å². The second-order valence-electron chi connectivity index (χ2n) is 4.47. The molecule has 0 aliphatic carbocycles. The molecule has 0 unspecified atom stereocenters. The molecule has 4 heteroatoms. The molecule has 4 nitrogen and oxygen atoms in total. The van der Waals surface area contributed by atoms with Crippen LogP contribution in [-0.4, -0.2) is 20.1 Å². The van der Waals surface area contributed by atoms with E-state index < -0.39 is 0 Å². The Morgan fingerprint density at radius 2 is 1.95 bits per heavy atom. The van der Waals surface area contributed by atoms with Gasteiger partial charge in [-0.05, 0) is 35.9 Å². The highest BCUT2D eigenvalue weighted by atomic mass is 16.5. The number of amides is 1. The summed E-state index contributed by atoms with van der Waals surface area (Å²) < 4.78 is 5.14. The van der Waals surface area contributed by atoms with Crippen LogP contribution in [0.4, 0.5) is 5.69 Å². The van der Waals surface area contributed by atoms with Crippen LogP contribution < -0.4 is 15.4 Å². The van der Waals surface area contributed by atoms with Crippen LogP contribution >= 0.6 is 0 Å². The number of benzene rings is 2. The van der Waals surface area contributed by atoms with Crippen molar-refractivity contribution in [1.82, 2.24) is 0 Å². The van der Waals surface area contributed by atoms with Gasteiger partial charge in [-0.25, -0.2) is 0 Å². The third kappa shape index (κ3) is 2.97. The molecular weight excluding hydrogens is 252 g/mol. The van der Waals surface area contributed by atoms with Crippen molar-refractivity contribution in [2.75, 3.05) is 19.1 Å². The van der Waals surface area contributed by atoms with Crippen molar-refractivity contribution in [3.63, 3.8) is 0 Å². The lowest BCUT2D eigenvalue weighted by atomic mass is 10.1. The summed E-state index contributed by atoms with van der Waals surface area (Å²) in [5, 5.41) is 0. The van der Waals surface area contributed by atoms with Crippen LogP contribution in [-0.2, 0) is 6.54 Å². The lowest BCUT2D eigenvalue weighted by Gasteiger charge is -2.18. The van der Waals surface area contributed by atoms with Crippen LogP contribution in [0.1, 0.15) is 15.9 Å². The van der Waals surface area contributed by atoms with Crippen molar-refractivity contribution in [2.24, 2.45) is 5.73 Å². The van der Waals surface area contributed by atoms with Gasteiger partial charge in [-0.1, -0.05) is 18.2 Å². The molecule has 104 valence electrons. The van der Waals surface area contributed by atoms with Crippen LogP contribution in [0.3, 0.4) is 0 Å². The summed E-state index contributed by atoms with van der Waals surface area (Å²) in [4.78, 5) is 14.1. The van der Waals surface area contributed by atoms with Gasteiger partial charge in [0.15, 0.2) is 0 Å². The maximum Gasteiger partial charge on any atom is 0.258 e. The smallest absolute Gasteiger partial charge is 0.258 e. The first kappa shape index (κ1) is 14.1. The van der Waals surface area contributed by atoms with E-state index in [4.69, 9.17) is 10.5 Å². The van der Waals surface area contributed by atoms with E-state index in [1.165, 1.54) is 0 Å².